The highest BCUT2D eigenvalue weighted by molar-refractivity contribution is 7.94. The molecule has 6 heteroatoms. The Labute approximate surface area is 113 Å². The van der Waals surface area contributed by atoms with Crippen molar-refractivity contribution in [2.75, 3.05) is 4.72 Å². The van der Waals surface area contributed by atoms with Gasteiger partial charge in [0.05, 0.1) is 4.75 Å². The predicted molar refractivity (Wildman–Crippen MR) is 75.4 cm³/mol. The molecule has 0 aliphatic rings. The van der Waals surface area contributed by atoms with E-state index in [0.717, 1.165) is 6.08 Å². The van der Waals surface area contributed by atoms with Crippen LogP contribution in [0.3, 0.4) is 0 Å². The molecule has 0 bridgehead atoms. The number of nitrogens with one attached hydrogen (secondary N) is 1. The third kappa shape index (κ3) is 4.40. The van der Waals surface area contributed by atoms with E-state index in [1.165, 1.54) is 6.08 Å². The number of anilines is 1. The van der Waals surface area contributed by atoms with Crippen LogP contribution in [-0.4, -0.2) is 24.2 Å². The number of hydrogen-bond donors (Lipinski definition) is 2. The number of aliphatic carboxylic acids is 1. The monoisotopic (exact) mass is 283 g/mol. The van der Waals surface area contributed by atoms with Crippen LogP contribution in [0, 0.1) is 0 Å². The van der Waals surface area contributed by atoms with Gasteiger partial charge < -0.3 is 5.11 Å². The van der Waals surface area contributed by atoms with E-state index in [4.69, 9.17) is 5.11 Å². The van der Waals surface area contributed by atoms with Crippen molar-refractivity contribution in [2.45, 2.75) is 25.5 Å². The fraction of sp³-hybridized carbons (Fsp3) is 0.308. The van der Waals surface area contributed by atoms with Gasteiger partial charge in [0.2, 0.25) is 10.0 Å². The average Bonchev–Trinajstić information content (AvgIpc) is 2.24. The molecule has 0 aliphatic heterocycles. The Kier molecular flexibility index (Phi) is 4.36. The maximum Gasteiger partial charge on any atom is 0.328 e. The minimum atomic E-state index is -3.49. The summed E-state index contributed by atoms with van der Waals surface area (Å²) >= 11 is 0. The molecule has 0 fully saturated rings. The van der Waals surface area contributed by atoms with E-state index < -0.39 is 20.7 Å². The number of carboxylic acid groups (broad SMARTS) is 1. The summed E-state index contributed by atoms with van der Waals surface area (Å²) in [5.41, 5.74) is 1.01. The minimum absolute atomic E-state index is 0.405. The van der Waals surface area contributed by atoms with Gasteiger partial charge in [0.15, 0.2) is 0 Å². The molecular weight excluding hydrogens is 266 g/mol. The summed E-state index contributed by atoms with van der Waals surface area (Å²) in [4.78, 5) is 10.4. The normalized spacial score (nSPS) is 12.6. The number of carbonyl (C=O) groups is 1. The SMILES string of the molecule is CC(C)(C)S(=O)(=O)Nc1cccc(C=CC(=O)O)c1. The van der Waals surface area contributed by atoms with E-state index in [1.54, 1.807) is 45.0 Å². The molecule has 0 atom stereocenters. The summed E-state index contributed by atoms with van der Waals surface area (Å²) in [6, 6.07) is 6.53. The molecule has 0 aliphatic carbocycles. The van der Waals surface area contributed by atoms with Crippen LogP contribution in [0.25, 0.3) is 6.08 Å². The Morgan fingerprint density at radius 2 is 1.95 bits per heavy atom. The lowest BCUT2D eigenvalue weighted by atomic mass is 10.2. The van der Waals surface area contributed by atoms with Crippen LogP contribution in [0.5, 0.6) is 0 Å². The van der Waals surface area contributed by atoms with Crippen LogP contribution in [-0.2, 0) is 14.8 Å². The Morgan fingerprint density at radius 1 is 1.32 bits per heavy atom. The highest BCUT2D eigenvalue weighted by Crippen LogP contribution is 2.20. The summed E-state index contributed by atoms with van der Waals surface area (Å²) < 4.78 is 25.5. The lowest BCUT2D eigenvalue weighted by molar-refractivity contribution is -0.131. The highest BCUT2D eigenvalue weighted by atomic mass is 32.2. The van der Waals surface area contributed by atoms with Gasteiger partial charge in [-0.05, 0) is 44.5 Å². The van der Waals surface area contributed by atoms with Crippen molar-refractivity contribution < 1.29 is 18.3 Å². The molecule has 0 radical (unpaired) electrons. The lowest BCUT2D eigenvalue weighted by Gasteiger charge is -2.20. The van der Waals surface area contributed by atoms with Gasteiger partial charge >= 0.3 is 5.97 Å². The lowest BCUT2D eigenvalue weighted by Crippen LogP contribution is -2.33. The van der Waals surface area contributed by atoms with E-state index in [9.17, 15) is 13.2 Å². The van der Waals surface area contributed by atoms with Crippen LogP contribution in [0.15, 0.2) is 30.3 Å². The van der Waals surface area contributed by atoms with Crippen LogP contribution in [0.4, 0.5) is 5.69 Å². The molecule has 19 heavy (non-hydrogen) atoms. The number of rotatable bonds is 4. The zero-order valence-electron chi connectivity index (χ0n) is 11.0. The van der Waals surface area contributed by atoms with E-state index in [-0.39, 0.29) is 0 Å². The molecule has 1 aromatic carbocycles. The van der Waals surface area contributed by atoms with Crippen LogP contribution < -0.4 is 4.72 Å². The van der Waals surface area contributed by atoms with Gasteiger partial charge in [0, 0.05) is 11.8 Å². The first kappa shape index (κ1) is 15.2. The average molecular weight is 283 g/mol. The Hall–Kier alpha value is -1.82. The summed E-state index contributed by atoms with van der Waals surface area (Å²) in [6.07, 6.45) is 2.40. The van der Waals surface area contributed by atoms with Crippen LogP contribution in [0.1, 0.15) is 26.3 Å². The van der Waals surface area contributed by atoms with Gasteiger partial charge in [0.25, 0.3) is 0 Å². The topological polar surface area (TPSA) is 83.5 Å². The molecular formula is C13H17NO4S. The van der Waals surface area contributed by atoms with Gasteiger partial charge in [0.1, 0.15) is 0 Å². The van der Waals surface area contributed by atoms with Gasteiger partial charge in [-0.2, -0.15) is 0 Å². The number of sulfonamides is 1. The first-order valence-electron chi connectivity index (χ1n) is 5.65. The van der Waals surface area contributed by atoms with Crippen molar-refractivity contribution in [3.63, 3.8) is 0 Å². The third-order valence-electron chi connectivity index (χ3n) is 2.36. The summed E-state index contributed by atoms with van der Waals surface area (Å²) in [6.45, 7) is 4.80. The highest BCUT2D eigenvalue weighted by Gasteiger charge is 2.28. The van der Waals surface area contributed by atoms with E-state index in [1.807, 2.05) is 0 Å². The zero-order valence-corrected chi connectivity index (χ0v) is 11.9. The summed E-state index contributed by atoms with van der Waals surface area (Å²) in [7, 11) is -3.49. The first-order chi connectivity index (χ1) is 8.62. The van der Waals surface area contributed by atoms with E-state index >= 15 is 0 Å². The van der Waals surface area contributed by atoms with Crippen LogP contribution in [0.2, 0.25) is 0 Å². The quantitative estimate of drug-likeness (QED) is 0.831. The number of benzene rings is 1. The number of hydrogen-bond acceptors (Lipinski definition) is 3. The number of carboxylic acids is 1. The van der Waals surface area contributed by atoms with E-state index in [2.05, 4.69) is 4.72 Å². The second kappa shape index (κ2) is 5.44. The molecule has 0 aromatic heterocycles. The second-order valence-corrected chi connectivity index (χ2v) is 7.45. The van der Waals surface area contributed by atoms with Crippen LogP contribution >= 0.6 is 0 Å². The summed E-state index contributed by atoms with van der Waals surface area (Å²) in [5, 5.41) is 8.54. The molecule has 104 valence electrons. The van der Waals surface area contributed by atoms with Crippen molar-refractivity contribution in [1.29, 1.82) is 0 Å². The predicted octanol–water partition coefficient (Wildman–Crippen LogP) is 2.32. The Bertz CT molecular complexity index is 597. The zero-order chi connectivity index (χ0) is 14.7. The van der Waals surface area contributed by atoms with Gasteiger partial charge in [-0.3, -0.25) is 4.72 Å². The van der Waals surface area contributed by atoms with Crippen molar-refractivity contribution in [2.24, 2.45) is 0 Å². The molecule has 0 spiro atoms. The second-order valence-electron chi connectivity index (χ2n) is 5.01. The van der Waals surface area contributed by atoms with Gasteiger partial charge in [-0.15, -0.1) is 0 Å². The molecule has 2 N–H and O–H groups in total. The standard InChI is InChI=1S/C13H17NO4S/c1-13(2,3)19(17,18)14-11-6-4-5-10(9-11)7-8-12(15)16/h4-9,14H,1-3H3,(H,15,16). The van der Waals surface area contributed by atoms with Crippen molar-refractivity contribution >= 4 is 27.8 Å². The summed E-state index contributed by atoms with van der Waals surface area (Å²) in [5.74, 6) is -1.05. The molecule has 1 rings (SSSR count). The van der Waals surface area contributed by atoms with E-state index in [0.29, 0.717) is 11.3 Å². The Morgan fingerprint density at radius 3 is 2.47 bits per heavy atom. The molecule has 0 unspecified atom stereocenters. The molecule has 0 amide bonds. The molecule has 5 nitrogen and oxygen atoms in total. The third-order valence-corrected chi connectivity index (χ3v) is 4.48. The largest absolute Gasteiger partial charge is 0.478 e. The van der Waals surface area contributed by atoms with Crippen molar-refractivity contribution in [1.82, 2.24) is 0 Å². The first-order valence-corrected chi connectivity index (χ1v) is 7.13. The maximum atomic E-state index is 12.0. The molecule has 0 saturated carbocycles. The fourth-order valence-corrected chi connectivity index (χ4v) is 1.93. The minimum Gasteiger partial charge on any atom is -0.478 e. The smallest absolute Gasteiger partial charge is 0.328 e. The maximum absolute atomic E-state index is 12.0. The van der Waals surface area contributed by atoms with Crippen molar-refractivity contribution in [3.8, 4) is 0 Å². The van der Waals surface area contributed by atoms with Crippen molar-refractivity contribution in [3.05, 3.63) is 35.9 Å². The molecule has 0 saturated heterocycles. The van der Waals surface area contributed by atoms with Gasteiger partial charge in [-0.25, -0.2) is 13.2 Å². The van der Waals surface area contributed by atoms with Gasteiger partial charge in [-0.1, -0.05) is 12.1 Å². The Balaban J connectivity index is 2.99. The molecule has 0 heterocycles. The fourth-order valence-electron chi connectivity index (χ4n) is 1.18. The molecule has 1 aromatic rings.